The number of methoxy groups -OCH3 is 1. The Labute approximate surface area is 178 Å². The van der Waals surface area contributed by atoms with Gasteiger partial charge in [-0.05, 0) is 60.3 Å². The standard InChI is InChI=1S/C25H21FN2O3/c1-16-5-3-6-18-13-19(24(29)27-23(16)18)15-28(21-7-4-8-22(14-21)31-2)25(30)17-9-11-20(26)12-10-17/h3-14H,15H2,1-2H3,(H,27,29). The maximum Gasteiger partial charge on any atom is 0.258 e. The van der Waals surface area contributed by atoms with Crippen molar-refractivity contribution in [2.24, 2.45) is 0 Å². The van der Waals surface area contributed by atoms with Gasteiger partial charge in [-0.25, -0.2) is 4.39 Å². The summed E-state index contributed by atoms with van der Waals surface area (Å²) in [6.07, 6.45) is 0. The highest BCUT2D eigenvalue weighted by Gasteiger charge is 2.20. The van der Waals surface area contributed by atoms with Gasteiger partial charge in [-0.2, -0.15) is 0 Å². The number of H-pyrrole nitrogens is 1. The fourth-order valence-electron chi connectivity index (χ4n) is 3.52. The number of aryl methyl sites for hydroxylation is 1. The van der Waals surface area contributed by atoms with Crippen molar-refractivity contribution >= 4 is 22.5 Å². The van der Waals surface area contributed by atoms with Crippen molar-refractivity contribution in [3.8, 4) is 5.75 Å². The van der Waals surface area contributed by atoms with Crippen molar-refractivity contribution in [2.75, 3.05) is 12.0 Å². The van der Waals surface area contributed by atoms with Gasteiger partial charge in [0.15, 0.2) is 0 Å². The number of carbonyl (C=O) groups excluding carboxylic acids is 1. The molecule has 0 fully saturated rings. The number of carbonyl (C=O) groups is 1. The minimum Gasteiger partial charge on any atom is -0.497 e. The van der Waals surface area contributed by atoms with Gasteiger partial charge in [0.05, 0.1) is 19.2 Å². The third-order valence-electron chi connectivity index (χ3n) is 5.19. The minimum absolute atomic E-state index is 0.0442. The number of para-hydroxylation sites is 1. The molecule has 0 unspecified atom stereocenters. The van der Waals surface area contributed by atoms with Crippen LogP contribution in [0.4, 0.5) is 10.1 Å². The number of pyridine rings is 1. The lowest BCUT2D eigenvalue weighted by atomic mass is 10.1. The van der Waals surface area contributed by atoms with Crippen LogP contribution in [-0.4, -0.2) is 18.0 Å². The van der Waals surface area contributed by atoms with E-state index in [0.717, 1.165) is 16.5 Å². The molecule has 0 spiro atoms. The van der Waals surface area contributed by atoms with Gasteiger partial charge in [-0.3, -0.25) is 9.59 Å². The minimum atomic E-state index is -0.425. The molecule has 4 rings (SSSR count). The maximum absolute atomic E-state index is 13.4. The average Bonchev–Trinajstić information content (AvgIpc) is 2.78. The number of hydrogen-bond acceptors (Lipinski definition) is 3. The summed E-state index contributed by atoms with van der Waals surface area (Å²) in [5.74, 6) is -0.194. The molecule has 156 valence electrons. The predicted octanol–water partition coefficient (Wildman–Crippen LogP) is 4.83. The Morgan fingerprint density at radius 3 is 2.52 bits per heavy atom. The molecular formula is C25H21FN2O3. The van der Waals surface area contributed by atoms with Crippen LogP contribution in [0.3, 0.4) is 0 Å². The first-order valence-corrected chi connectivity index (χ1v) is 9.79. The number of anilines is 1. The number of aromatic amines is 1. The lowest BCUT2D eigenvalue weighted by Gasteiger charge is -2.23. The van der Waals surface area contributed by atoms with Gasteiger partial charge in [0.2, 0.25) is 0 Å². The Morgan fingerprint density at radius 1 is 1.03 bits per heavy atom. The van der Waals surface area contributed by atoms with E-state index in [0.29, 0.717) is 22.6 Å². The number of rotatable bonds is 5. The second-order valence-corrected chi connectivity index (χ2v) is 7.26. The zero-order valence-electron chi connectivity index (χ0n) is 17.2. The monoisotopic (exact) mass is 416 g/mol. The number of aromatic nitrogens is 1. The van der Waals surface area contributed by atoms with Crippen molar-refractivity contribution in [1.82, 2.24) is 4.98 Å². The van der Waals surface area contributed by atoms with Crippen LogP contribution in [0.25, 0.3) is 10.9 Å². The highest BCUT2D eigenvalue weighted by Crippen LogP contribution is 2.25. The van der Waals surface area contributed by atoms with Crippen LogP contribution in [0.15, 0.2) is 77.6 Å². The highest BCUT2D eigenvalue weighted by atomic mass is 19.1. The summed E-state index contributed by atoms with van der Waals surface area (Å²) in [4.78, 5) is 30.6. The van der Waals surface area contributed by atoms with E-state index in [-0.39, 0.29) is 18.0 Å². The second-order valence-electron chi connectivity index (χ2n) is 7.26. The first-order chi connectivity index (χ1) is 15.0. The van der Waals surface area contributed by atoms with Crippen LogP contribution in [-0.2, 0) is 6.54 Å². The van der Waals surface area contributed by atoms with E-state index in [1.807, 2.05) is 25.1 Å². The molecule has 0 atom stereocenters. The normalized spacial score (nSPS) is 10.8. The Morgan fingerprint density at radius 2 is 1.77 bits per heavy atom. The van der Waals surface area contributed by atoms with E-state index in [1.165, 1.54) is 29.2 Å². The van der Waals surface area contributed by atoms with Gasteiger partial charge in [0.25, 0.3) is 11.5 Å². The molecule has 4 aromatic rings. The summed E-state index contributed by atoms with van der Waals surface area (Å²) < 4.78 is 18.7. The number of halogens is 1. The number of nitrogens with one attached hydrogen (secondary N) is 1. The summed E-state index contributed by atoms with van der Waals surface area (Å²) in [5, 5.41) is 0.884. The number of benzene rings is 3. The fourth-order valence-corrected chi connectivity index (χ4v) is 3.52. The van der Waals surface area contributed by atoms with E-state index < -0.39 is 5.82 Å². The van der Waals surface area contributed by atoms with E-state index in [4.69, 9.17) is 4.74 Å². The molecule has 0 saturated carbocycles. The molecule has 1 aromatic heterocycles. The summed E-state index contributed by atoms with van der Waals surface area (Å²) >= 11 is 0. The zero-order valence-corrected chi connectivity index (χ0v) is 17.2. The quantitative estimate of drug-likeness (QED) is 0.507. The van der Waals surface area contributed by atoms with E-state index >= 15 is 0 Å². The van der Waals surface area contributed by atoms with Crippen molar-refractivity contribution in [2.45, 2.75) is 13.5 Å². The van der Waals surface area contributed by atoms with E-state index in [9.17, 15) is 14.0 Å². The number of nitrogens with zero attached hydrogens (tertiary/aromatic N) is 1. The maximum atomic E-state index is 13.4. The molecule has 0 aliphatic carbocycles. The van der Waals surface area contributed by atoms with Crippen molar-refractivity contribution in [3.05, 3.63) is 106 Å². The van der Waals surface area contributed by atoms with Crippen LogP contribution < -0.4 is 15.2 Å². The molecule has 6 heteroatoms. The number of ether oxygens (including phenoxy) is 1. The SMILES string of the molecule is COc1cccc(N(Cc2cc3cccc(C)c3[nH]c2=O)C(=O)c2ccc(F)cc2)c1. The van der Waals surface area contributed by atoms with Crippen LogP contribution in [0.2, 0.25) is 0 Å². The first-order valence-electron chi connectivity index (χ1n) is 9.79. The molecule has 1 heterocycles. The molecule has 0 aliphatic rings. The molecule has 0 aliphatic heterocycles. The average molecular weight is 416 g/mol. The van der Waals surface area contributed by atoms with Crippen LogP contribution in [0.5, 0.6) is 5.75 Å². The van der Waals surface area contributed by atoms with Gasteiger partial charge in [-0.1, -0.05) is 24.3 Å². The highest BCUT2D eigenvalue weighted by molar-refractivity contribution is 6.06. The molecule has 3 aromatic carbocycles. The summed E-state index contributed by atoms with van der Waals surface area (Å²) in [6, 6.07) is 19.9. The molecule has 0 radical (unpaired) electrons. The Hall–Kier alpha value is -3.93. The van der Waals surface area contributed by atoms with Crippen molar-refractivity contribution in [1.29, 1.82) is 0 Å². The molecule has 31 heavy (non-hydrogen) atoms. The largest absolute Gasteiger partial charge is 0.497 e. The predicted molar refractivity (Wildman–Crippen MR) is 119 cm³/mol. The molecule has 1 amide bonds. The number of hydrogen-bond donors (Lipinski definition) is 1. The summed E-state index contributed by atoms with van der Waals surface area (Å²) in [6.45, 7) is 1.97. The van der Waals surface area contributed by atoms with E-state index in [2.05, 4.69) is 4.98 Å². The molecule has 5 nitrogen and oxygen atoms in total. The molecular weight excluding hydrogens is 395 g/mol. The zero-order chi connectivity index (χ0) is 22.0. The summed E-state index contributed by atoms with van der Waals surface area (Å²) in [5.41, 5.74) is 2.80. The Kier molecular flexibility index (Phi) is 5.54. The lowest BCUT2D eigenvalue weighted by molar-refractivity contribution is 0.0985. The van der Waals surface area contributed by atoms with Gasteiger partial charge in [-0.15, -0.1) is 0 Å². The van der Waals surface area contributed by atoms with Gasteiger partial charge < -0.3 is 14.6 Å². The van der Waals surface area contributed by atoms with Crippen molar-refractivity contribution in [3.63, 3.8) is 0 Å². The third-order valence-corrected chi connectivity index (χ3v) is 5.19. The second kappa shape index (κ2) is 8.44. The van der Waals surface area contributed by atoms with Gasteiger partial charge in [0, 0.05) is 22.9 Å². The molecule has 1 N–H and O–H groups in total. The van der Waals surface area contributed by atoms with Crippen LogP contribution in [0.1, 0.15) is 21.5 Å². The van der Waals surface area contributed by atoms with Gasteiger partial charge in [0.1, 0.15) is 11.6 Å². The van der Waals surface area contributed by atoms with Crippen LogP contribution in [0, 0.1) is 12.7 Å². The Balaban J connectivity index is 1.80. The number of amides is 1. The van der Waals surface area contributed by atoms with E-state index in [1.54, 1.807) is 37.4 Å². The smallest absolute Gasteiger partial charge is 0.258 e. The lowest BCUT2D eigenvalue weighted by Crippen LogP contribution is -2.33. The third kappa shape index (κ3) is 4.19. The Bertz CT molecular complexity index is 1310. The first kappa shape index (κ1) is 20.3. The topological polar surface area (TPSA) is 62.4 Å². The molecule has 0 saturated heterocycles. The fraction of sp³-hybridized carbons (Fsp3) is 0.120. The van der Waals surface area contributed by atoms with Crippen molar-refractivity contribution < 1.29 is 13.9 Å². The molecule has 0 bridgehead atoms. The number of fused-ring (bicyclic) bond motifs is 1. The summed E-state index contributed by atoms with van der Waals surface area (Å²) in [7, 11) is 1.54. The van der Waals surface area contributed by atoms with Crippen LogP contribution >= 0.6 is 0 Å². The van der Waals surface area contributed by atoms with Gasteiger partial charge >= 0.3 is 0 Å².